The molecule has 2 heterocycles. The van der Waals surface area contributed by atoms with Crippen LogP contribution in [0.3, 0.4) is 0 Å². The zero-order valence-electron chi connectivity index (χ0n) is 9.35. The summed E-state index contributed by atoms with van der Waals surface area (Å²) in [5, 5.41) is 12.4. The van der Waals surface area contributed by atoms with Gasteiger partial charge in [0.2, 0.25) is 0 Å². The van der Waals surface area contributed by atoms with Gasteiger partial charge in [0.25, 0.3) is 0 Å². The smallest absolute Gasteiger partial charge is 0.321 e. The molecule has 5 heteroatoms. The minimum atomic E-state index is -0.717. The maximum atomic E-state index is 11.2. The Morgan fingerprint density at radius 3 is 3.00 bits per heavy atom. The second kappa shape index (κ2) is 5.89. The van der Waals surface area contributed by atoms with E-state index in [4.69, 9.17) is 4.74 Å². The number of nitrogens with one attached hydrogen (secondary N) is 1. The van der Waals surface area contributed by atoms with Gasteiger partial charge in [-0.2, -0.15) is 11.8 Å². The first-order valence-corrected chi connectivity index (χ1v) is 7.08. The van der Waals surface area contributed by atoms with Crippen LogP contribution < -0.4 is 5.32 Å². The lowest BCUT2D eigenvalue weighted by atomic mass is 9.99. The maximum absolute atomic E-state index is 11.2. The van der Waals surface area contributed by atoms with Crippen molar-refractivity contribution in [1.82, 2.24) is 5.32 Å². The van der Waals surface area contributed by atoms with Crippen molar-refractivity contribution in [3.63, 3.8) is 0 Å². The van der Waals surface area contributed by atoms with Gasteiger partial charge in [0.1, 0.15) is 6.04 Å². The monoisotopic (exact) mass is 245 g/mol. The largest absolute Gasteiger partial charge is 0.480 e. The number of carboxylic acids is 1. The normalized spacial score (nSPS) is 31.8. The average molecular weight is 245 g/mol. The number of carbonyl (C=O) groups is 1. The summed E-state index contributed by atoms with van der Waals surface area (Å²) < 4.78 is 5.49. The van der Waals surface area contributed by atoms with E-state index in [0.717, 1.165) is 37.4 Å². The van der Waals surface area contributed by atoms with E-state index in [1.165, 1.54) is 0 Å². The van der Waals surface area contributed by atoms with Crippen LogP contribution in [-0.4, -0.2) is 47.9 Å². The Bertz CT molecular complexity index is 237. The fraction of sp³-hybridized carbons (Fsp3) is 0.909. The summed E-state index contributed by atoms with van der Waals surface area (Å²) in [6, 6.07) is -0.390. The van der Waals surface area contributed by atoms with Crippen molar-refractivity contribution in [2.45, 2.75) is 31.4 Å². The molecule has 0 saturated carbocycles. The summed E-state index contributed by atoms with van der Waals surface area (Å²) in [4.78, 5) is 11.2. The molecule has 2 fully saturated rings. The van der Waals surface area contributed by atoms with Gasteiger partial charge in [-0.15, -0.1) is 0 Å². The molecule has 3 unspecified atom stereocenters. The first kappa shape index (κ1) is 12.2. The molecule has 0 radical (unpaired) electrons. The first-order valence-electron chi connectivity index (χ1n) is 5.93. The average Bonchev–Trinajstić information content (AvgIpc) is 2.88. The zero-order chi connectivity index (χ0) is 11.4. The van der Waals surface area contributed by atoms with Gasteiger partial charge in [0.15, 0.2) is 0 Å². The van der Waals surface area contributed by atoms with Crippen molar-refractivity contribution in [3.8, 4) is 0 Å². The van der Waals surface area contributed by atoms with Crippen LogP contribution in [0, 0.1) is 5.92 Å². The van der Waals surface area contributed by atoms with Crippen molar-refractivity contribution < 1.29 is 14.6 Å². The van der Waals surface area contributed by atoms with Gasteiger partial charge in [-0.25, -0.2) is 0 Å². The molecule has 0 amide bonds. The van der Waals surface area contributed by atoms with Gasteiger partial charge in [0, 0.05) is 13.2 Å². The molecule has 2 aliphatic heterocycles. The quantitative estimate of drug-likeness (QED) is 0.755. The van der Waals surface area contributed by atoms with E-state index in [1.807, 2.05) is 11.8 Å². The number of thioether (sulfide) groups is 1. The molecule has 3 atom stereocenters. The molecule has 0 bridgehead atoms. The van der Waals surface area contributed by atoms with Crippen LogP contribution in [0.2, 0.25) is 0 Å². The third kappa shape index (κ3) is 3.12. The number of hydrogen-bond acceptors (Lipinski definition) is 4. The molecule has 2 rings (SSSR count). The number of carboxylic acid groups (broad SMARTS) is 1. The highest BCUT2D eigenvalue weighted by Crippen LogP contribution is 2.26. The minimum Gasteiger partial charge on any atom is -0.480 e. The molecule has 4 nitrogen and oxygen atoms in total. The minimum absolute atomic E-state index is 0.218. The summed E-state index contributed by atoms with van der Waals surface area (Å²) >= 11 is 1.85. The fourth-order valence-electron chi connectivity index (χ4n) is 2.33. The topological polar surface area (TPSA) is 58.6 Å². The summed E-state index contributed by atoms with van der Waals surface area (Å²) in [6.07, 6.45) is 3.39. The Hall–Kier alpha value is -0.260. The van der Waals surface area contributed by atoms with Crippen LogP contribution in [0.1, 0.15) is 19.3 Å². The van der Waals surface area contributed by atoms with Crippen LogP contribution in [0.5, 0.6) is 0 Å². The predicted octanol–water partition coefficient (Wildman–Crippen LogP) is 0.961. The Labute approximate surface area is 100 Å². The van der Waals surface area contributed by atoms with Gasteiger partial charge in [-0.3, -0.25) is 4.79 Å². The van der Waals surface area contributed by atoms with Gasteiger partial charge in [-0.1, -0.05) is 0 Å². The van der Waals surface area contributed by atoms with Gasteiger partial charge in [-0.05, 0) is 36.7 Å². The molecule has 2 aliphatic rings. The zero-order valence-corrected chi connectivity index (χ0v) is 10.2. The van der Waals surface area contributed by atoms with Crippen molar-refractivity contribution in [1.29, 1.82) is 0 Å². The lowest BCUT2D eigenvalue weighted by Gasteiger charge is -2.21. The number of hydrogen-bond donors (Lipinski definition) is 2. The Balaban J connectivity index is 1.79. The Morgan fingerprint density at radius 1 is 1.56 bits per heavy atom. The molecule has 0 spiro atoms. The summed E-state index contributed by atoms with van der Waals surface area (Å²) in [5.41, 5.74) is 0. The summed E-state index contributed by atoms with van der Waals surface area (Å²) in [6.45, 7) is 1.50. The molecular weight excluding hydrogens is 226 g/mol. The number of ether oxygens (including phenoxy) is 1. The lowest BCUT2D eigenvalue weighted by Crippen LogP contribution is -2.45. The molecule has 0 aliphatic carbocycles. The Kier molecular flexibility index (Phi) is 4.49. The summed E-state index contributed by atoms with van der Waals surface area (Å²) in [5.74, 6) is 1.63. The van der Waals surface area contributed by atoms with Crippen molar-refractivity contribution in [2.24, 2.45) is 5.92 Å². The third-order valence-electron chi connectivity index (χ3n) is 3.29. The maximum Gasteiger partial charge on any atom is 0.321 e. The second-order valence-electron chi connectivity index (χ2n) is 4.48. The van der Waals surface area contributed by atoms with E-state index in [-0.39, 0.29) is 18.1 Å². The van der Waals surface area contributed by atoms with E-state index in [2.05, 4.69) is 5.32 Å². The van der Waals surface area contributed by atoms with E-state index < -0.39 is 5.97 Å². The summed E-state index contributed by atoms with van der Waals surface area (Å²) in [7, 11) is 0. The highest BCUT2D eigenvalue weighted by molar-refractivity contribution is 7.99. The molecule has 2 saturated heterocycles. The molecule has 0 aromatic heterocycles. The molecule has 0 aromatic rings. The van der Waals surface area contributed by atoms with E-state index in [9.17, 15) is 9.90 Å². The van der Waals surface area contributed by atoms with E-state index >= 15 is 0 Å². The van der Waals surface area contributed by atoms with Gasteiger partial charge in [0.05, 0.1) is 6.10 Å². The Morgan fingerprint density at radius 2 is 2.44 bits per heavy atom. The molecule has 16 heavy (non-hydrogen) atoms. The van der Waals surface area contributed by atoms with Gasteiger partial charge < -0.3 is 15.2 Å². The second-order valence-corrected chi connectivity index (χ2v) is 5.63. The van der Waals surface area contributed by atoms with Crippen LogP contribution in [-0.2, 0) is 9.53 Å². The third-order valence-corrected chi connectivity index (χ3v) is 4.48. The lowest BCUT2D eigenvalue weighted by molar-refractivity contribution is -0.140. The molecule has 0 aromatic carbocycles. The van der Waals surface area contributed by atoms with Crippen molar-refractivity contribution in [2.75, 3.05) is 24.7 Å². The highest BCUT2D eigenvalue weighted by Gasteiger charge is 2.31. The number of aliphatic carboxylic acids is 1. The van der Waals surface area contributed by atoms with Crippen LogP contribution in [0.25, 0.3) is 0 Å². The SMILES string of the molecule is O=C(O)C(NCC1CCCO1)C1CCSC1. The van der Waals surface area contributed by atoms with Crippen LogP contribution in [0.15, 0.2) is 0 Å². The van der Waals surface area contributed by atoms with Gasteiger partial charge >= 0.3 is 5.97 Å². The fourth-order valence-corrected chi connectivity index (χ4v) is 3.63. The van der Waals surface area contributed by atoms with Crippen LogP contribution in [0.4, 0.5) is 0 Å². The molecule has 2 N–H and O–H groups in total. The molecular formula is C11H19NO3S. The van der Waals surface area contributed by atoms with Crippen molar-refractivity contribution in [3.05, 3.63) is 0 Å². The molecule has 92 valence electrons. The predicted molar refractivity (Wildman–Crippen MR) is 63.8 cm³/mol. The first-order chi connectivity index (χ1) is 7.77. The van der Waals surface area contributed by atoms with Crippen molar-refractivity contribution >= 4 is 17.7 Å². The standard InChI is InChI=1S/C11H19NO3S/c13-11(14)10(8-3-5-16-7-8)12-6-9-2-1-4-15-9/h8-10,12H,1-7H2,(H,13,14). The highest BCUT2D eigenvalue weighted by atomic mass is 32.2. The van der Waals surface area contributed by atoms with E-state index in [0.29, 0.717) is 6.54 Å². The van der Waals surface area contributed by atoms with E-state index in [1.54, 1.807) is 0 Å². The van der Waals surface area contributed by atoms with Crippen LogP contribution >= 0.6 is 11.8 Å². The number of rotatable bonds is 5.